The third-order valence-corrected chi connectivity index (χ3v) is 6.83. The zero-order valence-electron chi connectivity index (χ0n) is 16.8. The number of carbonyl (C=O) groups excluding carboxylic acids is 1. The average Bonchev–Trinajstić information content (AvgIpc) is 3.13. The largest absolute Gasteiger partial charge is 0.403 e. The molecule has 7 nitrogen and oxygen atoms in total. The molecule has 8 heteroatoms. The lowest BCUT2D eigenvalue weighted by atomic mass is 10.0. The summed E-state index contributed by atoms with van der Waals surface area (Å²) >= 11 is 0. The molecule has 0 aliphatic rings. The van der Waals surface area contributed by atoms with Crippen LogP contribution in [0, 0.1) is 13.8 Å². The fourth-order valence-electron chi connectivity index (χ4n) is 2.71. The van der Waals surface area contributed by atoms with Crippen LogP contribution in [0.1, 0.15) is 30.5 Å². The lowest BCUT2D eigenvalue weighted by Gasteiger charge is -2.07. The van der Waals surface area contributed by atoms with Gasteiger partial charge in [0.05, 0.1) is 16.6 Å². The van der Waals surface area contributed by atoms with Crippen LogP contribution in [-0.4, -0.2) is 29.8 Å². The van der Waals surface area contributed by atoms with Gasteiger partial charge in [-0.05, 0) is 68.7 Å². The van der Waals surface area contributed by atoms with E-state index in [1.54, 1.807) is 26.0 Å². The molecule has 2 aromatic carbocycles. The van der Waals surface area contributed by atoms with Crippen molar-refractivity contribution in [3.8, 4) is 11.5 Å². The molecule has 29 heavy (non-hydrogen) atoms. The molecule has 1 heterocycles. The Labute approximate surface area is 170 Å². The van der Waals surface area contributed by atoms with E-state index in [0.717, 1.165) is 11.1 Å². The van der Waals surface area contributed by atoms with Gasteiger partial charge in [-0.1, -0.05) is 23.3 Å². The number of sulfone groups is 1. The van der Waals surface area contributed by atoms with E-state index in [4.69, 9.17) is 4.42 Å². The number of amides is 1. The van der Waals surface area contributed by atoms with Crippen LogP contribution in [0.5, 0.6) is 0 Å². The summed E-state index contributed by atoms with van der Waals surface area (Å²) in [6.45, 7) is 7.28. The van der Waals surface area contributed by atoms with E-state index in [1.165, 1.54) is 17.7 Å². The number of hydrogen-bond acceptors (Lipinski definition) is 6. The van der Waals surface area contributed by atoms with Gasteiger partial charge in [0.1, 0.15) is 0 Å². The van der Waals surface area contributed by atoms with Gasteiger partial charge in [-0.25, -0.2) is 8.42 Å². The molecule has 0 unspecified atom stereocenters. The Hall–Kier alpha value is -3.00. The molecule has 1 aromatic heterocycles. The standard InChI is InChI=1S/C21H23N3O4S/c1-13(2)29(26,27)18-9-7-17(8-10-18)20-23-24-21(28-20)22-19(25)12-16-6-5-14(3)15(4)11-16/h5-11,13H,12H2,1-4H3,(H,22,24,25). The Kier molecular flexibility index (Phi) is 5.83. The van der Waals surface area contributed by atoms with E-state index in [0.29, 0.717) is 5.56 Å². The molecule has 3 aromatic rings. The summed E-state index contributed by atoms with van der Waals surface area (Å²) in [5.74, 6) is -0.0678. The molecule has 0 saturated carbocycles. The minimum atomic E-state index is -3.35. The third kappa shape index (κ3) is 4.71. The molecule has 0 aliphatic carbocycles. The van der Waals surface area contributed by atoms with Gasteiger partial charge in [-0.15, -0.1) is 5.10 Å². The molecule has 0 bridgehead atoms. The first-order chi connectivity index (χ1) is 13.7. The summed E-state index contributed by atoms with van der Waals surface area (Å²) in [5, 5.41) is 9.84. The first kappa shape index (κ1) is 20.7. The summed E-state index contributed by atoms with van der Waals surface area (Å²) in [5.41, 5.74) is 3.75. The number of nitrogens with zero attached hydrogens (tertiary/aromatic N) is 2. The highest BCUT2D eigenvalue weighted by atomic mass is 32.2. The van der Waals surface area contributed by atoms with Crippen molar-refractivity contribution in [1.29, 1.82) is 0 Å². The third-order valence-electron chi connectivity index (χ3n) is 4.66. The van der Waals surface area contributed by atoms with Gasteiger partial charge >= 0.3 is 6.01 Å². The second kappa shape index (κ2) is 8.16. The van der Waals surface area contributed by atoms with Crippen LogP contribution in [0.25, 0.3) is 11.5 Å². The van der Waals surface area contributed by atoms with Crippen molar-refractivity contribution in [3.63, 3.8) is 0 Å². The van der Waals surface area contributed by atoms with E-state index in [-0.39, 0.29) is 29.1 Å². The van der Waals surface area contributed by atoms with E-state index >= 15 is 0 Å². The van der Waals surface area contributed by atoms with Gasteiger partial charge in [0.2, 0.25) is 11.8 Å². The zero-order chi connectivity index (χ0) is 21.2. The molecule has 152 valence electrons. The summed E-state index contributed by atoms with van der Waals surface area (Å²) in [6.07, 6.45) is 0.195. The monoisotopic (exact) mass is 413 g/mol. The Bertz CT molecular complexity index is 1130. The number of carbonyl (C=O) groups is 1. The Morgan fingerprint density at radius 2 is 1.72 bits per heavy atom. The highest BCUT2D eigenvalue weighted by Crippen LogP contribution is 2.23. The lowest BCUT2D eigenvalue weighted by molar-refractivity contribution is -0.115. The molecule has 3 rings (SSSR count). The quantitative estimate of drug-likeness (QED) is 0.661. The van der Waals surface area contributed by atoms with Gasteiger partial charge in [-0.2, -0.15) is 0 Å². The molecule has 0 fully saturated rings. The fraction of sp³-hybridized carbons (Fsp3) is 0.286. The van der Waals surface area contributed by atoms with Crippen LogP contribution < -0.4 is 5.32 Å². The molecule has 0 saturated heterocycles. The van der Waals surface area contributed by atoms with Crippen LogP contribution in [-0.2, 0) is 21.1 Å². The number of rotatable bonds is 6. The van der Waals surface area contributed by atoms with E-state index in [2.05, 4.69) is 15.5 Å². The van der Waals surface area contributed by atoms with Gasteiger partial charge < -0.3 is 4.42 Å². The van der Waals surface area contributed by atoms with E-state index < -0.39 is 15.1 Å². The Morgan fingerprint density at radius 1 is 1.03 bits per heavy atom. The summed E-state index contributed by atoms with van der Waals surface area (Å²) in [7, 11) is -3.35. The summed E-state index contributed by atoms with van der Waals surface area (Å²) in [4.78, 5) is 12.5. The fourth-order valence-corrected chi connectivity index (χ4v) is 3.77. The van der Waals surface area contributed by atoms with Crippen LogP contribution in [0.3, 0.4) is 0 Å². The molecular formula is C21H23N3O4S. The first-order valence-electron chi connectivity index (χ1n) is 9.20. The van der Waals surface area contributed by atoms with Crippen molar-refractivity contribution < 1.29 is 17.6 Å². The van der Waals surface area contributed by atoms with Crippen LogP contribution >= 0.6 is 0 Å². The SMILES string of the molecule is Cc1ccc(CC(=O)Nc2nnc(-c3ccc(S(=O)(=O)C(C)C)cc3)o2)cc1C. The van der Waals surface area contributed by atoms with Gasteiger partial charge in [0.15, 0.2) is 9.84 Å². The number of benzene rings is 2. The number of aromatic nitrogens is 2. The minimum absolute atomic E-state index is 0.00675. The molecule has 1 amide bonds. The molecule has 1 N–H and O–H groups in total. The number of hydrogen-bond donors (Lipinski definition) is 1. The Balaban J connectivity index is 1.69. The normalized spacial score (nSPS) is 11.6. The van der Waals surface area contributed by atoms with Crippen molar-refractivity contribution >= 4 is 21.8 Å². The molecule has 0 aliphatic heterocycles. The topological polar surface area (TPSA) is 102 Å². The Morgan fingerprint density at radius 3 is 2.34 bits per heavy atom. The maximum Gasteiger partial charge on any atom is 0.322 e. The van der Waals surface area contributed by atoms with E-state index in [9.17, 15) is 13.2 Å². The highest BCUT2D eigenvalue weighted by molar-refractivity contribution is 7.92. The minimum Gasteiger partial charge on any atom is -0.403 e. The van der Waals surface area contributed by atoms with Crippen molar-refractivity contribution in [2.45, 2.75) is 44.3 Å². The molecule has 0 atom stereocenters. The van der Waals surface area contributed by atoms with Crippen molar-refractivity contribution in [3.05, 3.63) is 59.2 Å². The van der Waals surface area contributed by atoms with Gasteiger partial charge in [0.25, 0.3) is 0 Å². The van der Waals surface area contributed by atoms with Crippen molar-refractivity contribution in [1.82, 2.24) is 10.2 Å². The van der Waals surface area contributed by atoms with Crippen LogP contribution in [0.4, 0.5) is 6.01 Å². The lowest BCUT2D eigenvalue weighted by Crippen LogP contribution is -2.14. The maximum atomic E-state index is 12.2. The molecular weight excluding hydrogens is 390 g/mol. The van der Waals surface area contributed by atoms with Crippen LogP contribution in [0.2, 0.25) is 0 Å². The highest BCUT2D eigenvalue weighted by Gasteiger charge is 2.19. The zero-order valence-corrected chi connectivity index (χ0v) is 17.6. The number of anilines is 1. The van der Waals surface area contributed by atoms with Crippen LogP contribution in [0.15, 0.2) is 51.8 Å². The second-order valence-corrected chi connectivity index (χ2v) is 9.68. The average molecular weight is 413 g/mol. The molecule has 0 spiro atoms. The predicted molar refractivity (Wildman–Crippen MR) is 110 cm³/mol. The maximum absolute atomic E-state index is 12.2. The van der Waals surface area contributed by atoms with Gasteiger partial charge in [-0.3, -0.25) is 10.1 Å². The van der Waals surface area contributed by atoms with Crippen molar-refractivity contribution in [2.24, 2.45) is 0 Å². The smallest absolute Gasteiger partial charge is 0.322 e. The van der Waals surface area contributed by atoms with E-state index in [1.807, 2.05) is 32.0 Å². The first-order valence-corrected chi connectivity index (χ1v) is 10.8. The number of aryl methyl sites for hydroxylation is 2. The number of nitrogens with one attached hydrogen (secondary N) is 1. The summed E-state index contributed by atoms with van der Waals surface area (Å²) in [6, 6.07) is 12.1. The summed E-state index contributed by atoms with van der Waals surface area (Å²) < 4.78 is 29.9. The van der Waals surface area contributed by atoms with Gasteiger partial charge in [0, 0.05) is 5.56 Å². The second-order valence-electron chi connectivity index (χ2n) is 7.17. The van der Waals surface area contributed by atoms with Crippen molar-refractivity contribution in [2.75, 3.05) is 5.32 Å². The predicted octanol–water partition coefficient (Wildman–Crippen LogP) is 3.72. The molecule has 0 radical (unpaired) electrons.